The molecule has 0 spiro atoms. The SMILES string of the molecule is O=C(O)C(S)Cc1coc2ccccc12. The number of carboxylic acid groups (broad SMARTS) is 1. The van der Waals surface area contributed by atoms with Crippen LogP contribution in [0.25, 0.3) is 11.0 Å². The van der Waals surface area contributed by atoms with Gasteiger partial charge in [-0.3, -0.25) is 4.79 Å². The van der Waals surface area contributed by atoms with Crippen LogP contribution in [0, 0.1) is 0 Å². The van der Waals surface area contributed by atoms with Crippen molar-refractivity contribution >= 4 is 29.6 Å². The Hall–Kier alpha value is -1.42. The summed E-state index contributed by atoms with van der Waals surface area (Å²) in [6.07, 6.45) is 1.96. The Morgan fingerprint density at radius 3 is 2.93 bits per heavy atom. The molecule has 4 heteroatoms. The monoisotopic (exact) mass is 222 g/mol. The maximum atomic E-state index is 10.7. The second-order valence-corrected chi connectivity index (χ2v) is 3.94. The van der Waals surface area contributed by atoms with Crippen LogP contribution in [0.3, 0.4) is 0 Å². The van der Waals surface area contributed by atoms with E-state index in [1.54, 1.807) is 6.26 Å². The zero-order valence-corrected chi connectivity index (χ0v) is 8.78. The Balaban J connectivity index is 2.32. The molecule has 3 nitrogen and oxygen atoms in total. The first-order valence-electron chi connectivity index (χ1n) is 4.54. The molecule has 0 bridgehead atoms. The quantitative estimate of drug-likeness (QED) is 0.784. The van der Waals surface area contributed by atoms with E-state index >= 15 is 0 Å². The molecule has 0 fully saturated rings. The van der Waals surface area contributed by atoms with Crippen LogP contribution in [-0.4, -0.2) is 16.3 Å². The van der Waals surface area contributed by atoms with Crippen LogP contribution in [-0.2, 0) is 11.2 Å². The number of thiol groups is 1. The third kappa shape index (κ3) is 1.99. The summed E-state index contributed by atoms with van der Waals surface area (Å²) in [5.74, 6) is -0.913. The van der Waals surface area contributed by atoms with Crippen molar-refractivity contribution < 1.29 is 14.3 Å². The van der Waals surface area contributed by atoms with Crippen molar-refractivity contribution in [2.24, 2.45) is 0 Å². The van der Waals surface area contributed by atoms with Crippen molar-refractivity contribution in [3.05, 3.63) is 36.1 Å². The summed E-state index contributed by atoms with van der Waals surface area (Å²) in [4.78, 5) is 10.7. The van der Waals surface area contributed by atoms with Crippen molar-refractivity contribution in [2.45, 2.75) is 11.7 Å². The molecule has 2 aromatic rings. The fourth-order valence-electron chi connectivity index (χ4n) is 1.49. The van der Waals surface area contributed by atoms with E-state index in [0.29, 0.717) is 6.42 Å². The van der Waals surface area contributed by atoms with Gasteiger partial charge in [-0.1, -0.05) is 18.2 Å². The smallest absolute Gasteiger partial charge is 0.316 e. The molecule has 15 heavy (non-hydrogen) atoms. The summed E-state index contributed by atoms with van der Waals surface area (Å²) in [6, 6.07) is 7.55. The molecular formula is C11H10O3S. The number of rotatable bonds is 3. The summed E-state index contributed by atoms with van der Waals surface area (Å²) in [6.45, 7) is 0. The minimum absolute atomic E-state index is 0.370. The molecule has 0 radical (unpaired) electrons. The third-order valence-corrected chi connectivity index (χ3v) is 2.66. The number of hydrogen-bond donors (Lipinski definition) is 2. The minimum Gasteiger partial charge on any atom is -0.480 e. The normalized spacial score (nSPS) is 12.9. The van der Waals surface area contributed by atoms with Crippen LogP contribution in [0.2, 0.25) is 0 Å². The minimum atomic E-state index is -0.913. The van der Waals surface area contributed by atoms with Crippen molar-refractivity contribution in [3.8, 4) is 0 Å². The molecule has 0 aliphatic heterocycles. The van der Waals surface area contributed by atoms with E-state index in [-0.39, 0.29) is 0 Å². The molecule has 1 N–H and O–H groups in total. The first-order valence-corrected chi connectivity index (χ1v) is 5.06. The number of carboxylic acids is 1. The molecule has 0 saturated heterocycles. The second-order valence-electron chi connectivity index (χ2n) is 3.32. The Morgan fingerprint density at radius 2 is 2.20 bits per heavy atom. The molecule has 2 rings (SSSR count). The van der Waals surface area contributed by atoms with Gasteiger partial charge in [0.25, 0.3) is 0 Å². The highest BCUT2D eigenvalue weighted by Gasteiger charge is 2.15. The van der Waals surface area contributed by atoms with Crippen molar-refractivity contribution in [2.75, 3.05) is 0 Å². The number of benzene rings is 1. The van der Waals surface area contributed by atoms with E-state index in [0.717, 1.165) is 16.5 Å². The van der Waals surface area contributed by atoms with Gasteiger partial charge in [0.15, 0.2) is 0 Å². The summed E-state index contributed by atoms with van der Waals surface area (Å²) >= 11 is 4.00. The molecular weight excluding hydrogens is 212 g/mol. The Kier molecular flexibility index (Phi) is 2.68. The van der Waals surface area contributed by atoms with Crippen LogP contribution >= 0.6 is 12.6 Å². The van der Waals surface area contributed by atoms with Crippen molar-refractivity contribution in [3.63, 3.8) is 0 Å². The summed E-state index contributed by atoms with van der Waals surface area (Å²) < 4.78 is 5.30. The highest BCUT2D eigenvalue weighted by Crippen LogP contribution is 2.22. The summed E-state index contributed by atoms with van der Waals surface area (Å²) in [5, 5.41) is 9.01. The topological polar surface area (TPSA) is 50.4 Å². The van der Waals surface area contributed by atoms with Gasteiger partial charge in [0, 0.05) is 5.39 Å². The molecule has 1 aromatic heterocycles. The first-order chi connectivity index (χ1) is 7.18. The standard InChI is InChI=1S/C11H10O3S/c12-11(13)10(15)5-7-6-14-9-4-2-1-3-8(7)9/h1-4,6,10,15H,5H2,(H,12,13). The van der Waals surface area contributed by atoms with Gasteiger partial charge in [0.1, 0.15) is 10.8 Å². The molecule has 1 heterocycles. The van der Waals surface area contributed by atoms with Crippen LogP contribution in [0.5, 0.6) is 0 Å². The van der Waals surface area contributed by atoms with Gasteiger partial charge in [0.05, 0.1) is 6.26 Å². The molecule has 0 aliphatic carbocycles. The first kappa shape index (κ1) is 10.1. The Labute approximate surface area is 92.1 Å². The Morgan fingerprint density at radius 1 is 1.47 bits per heavy atom. The van der Waals surface area contributed by atoms with Crippen LogP contribution < -0.4 is 0 Å². The molecule has 1 unspecified atom stereocenters. The number of fused-ring (bicyclic) bond motifs is 1. The second kappa shape index (κ2) is 3.98. The fourth-order valence-corrected chi connectivity index (χ4v) is 1.68. The van der Waals surface area contributed by atoms with E-state index in [1.807, 2.05) is 24.3 Å². The molecule has 78 valence electrons. The third-order valence-electron chi connectivity index (χ3n) is 2.26. The number of aliphatic carboxylic acids is 1. The van der Waals surface area contributed by atoms with E-state index in [2.05, 4.69) is 12.6 Å². The number of para-hydroxylation sites is 1. The van der Waals surface area contributed by atoms with Crippen LogP contribution in [0.1, 0.15) is 5.56 Å². The Bertz CT molecular complexity index is 489. The summed E-state index contributed by atoms with van der Waals surface area (Å²) in [7, 11) is 0. The maximum absolute atomic E-state index is 10.7. The van der Waals surface area contributed by atoms with E-state index in [9.17, 15) is 4.79 Å². The highest BCUT2D eigenvalue weighted by atomic mass is 32.1. The van der Waals surface area contributed by atoms with Gasteiger partial charge >= 0.3 is 5.97 Å². The van der Waals surface area contributed by atoms with Gasteiger partial charge in [-0.2, -0.15) is 12.6 Å². The lowest BCUT2D eigenvalue weighted by atomic mass is 10.1. The predicted octanol–water partition coefficient (Wildman–Crippen LogP) is 2.36. The lowest BCUT2D eigenvalue weighted by Crippen LogP contribution is -2.15. The van der Waals surface area contributed by atoms with E-state index < -0.39 is 11.2 Å². The van der Waals surface area contributed by atoms with Crippen LogP contribution in [0.4, 0.5) is 0 Å². The van der Waals surface area contributed by atoms with Gasteiger partial charge in [-0.25, -0.2) is 0 Å². The highest BCUT2D eigenvalue weighted by molar-refractivity contribution is 7.81. The molecule has 0 aliphatic rings. The number of furan rings is 1. The average molecular weight is 222 g/mol. The average Bonchev–Trinajstić information content (AvgIpc) is 2.62. The van der Waals surface area contributed by atoms with Crippen molar-refractivity contribution in [1.82, 2.24) is 0 Å². The van der Waals surface area contributed by atoms with Gasteiger partial charge in [-0.15, -0.1) is 0 Å². The lowest BCUT2D eigenvalue weighted by molar-refractivity contribution is -0.136. The summed E-state index contributed by atoms with van der Waals surface area (Å²) in [5.41, 5.74) is 1.66. The zero-order chi connectivity index (χ0) is 10.8. The number of carbonyl (C=O) groups is 1. The van der Waals surface area contributed by atoms with Crippen molar-refractivity contribution in [1.29, 1.82) is 0 Å². The predicted molar refractivity (Wildman–Crippen MR) is 60.3 cm³/mol. The van der Waals surface area contributed by atoms with E-state index in [4.69, 9.17) is 9.52 Å². The fraction of sp³-hybridized carbons (Fsp3) is 0.182. The molecule has 0 saturated carbocycles. The van der Waals surface area contributed by atoms with Crippen LogP contribution in [0.15, 0.2) is 34.9 Å². The molecule has 0 amide bonds. The largest absolute Gasteiger partial charge is 0.480 e. The van der Waals surface area contributed by atoms with Gasteiger partial charge < -0.3 is 9.52 Å². The zero-order valence-electron chi connectivity index (χ0n) is 7.88. The van der Waals surface area contributed by atoms with Gasteiger partial charge in [0.2, 0.25) is 0 Å². The van der Waals surface area contributed by atoms with E-state index in [1.165, 1.54) is 0 Å². The number of hydrogen-bond acceptors (Lipinski definition) is 3. The molecule has 1 aromatic carbocycles. The van der Waals surface area contributed by atoms with Gasteiger partial charge in [-0.05, 0) is 18.1 Å². The maximum Gasteiger partial charge on any atom is 0.316 e. The molecule has 1 atom stereocenters. The lowest BCUT2D eigenvalue weighted by Gasteiger charge is -2.02.